The zero-order valence-electron chi connectivity index (χ0n) is 12.6. The number of anilines is 2. The predicted molar refractivity (Wildman–Crippen MR) is 86.2 cm³/mol. The van der Waals surface area contributed by atoms with Gasteiger partial charge in [-0.3, -0.25) is 9.58 Å². The van der Waals surface area contributed by atoms with E-state index in [1.165, 1.54) is 5.56 Å². The number of benzene rings is 1. The number of aromatic nitrogens is 2. The van der Waals surface area contributed by atoms with Crippen LogP contribution in [0.25, 0.3) is 0 Å². The molecule has 0 bridgehead atoms. The van der Waals surface area contributed by atoms with E-state index in [1.54, 1.807) is 0 Å². The van der Waals surface area contributed by atoms with E-state index in [0.29, 0.717) is 0 Å². The molecule has 0 saturated carbocycles. The summed E-state index contributed by atoms with van der Waals surface area (Å²) in [5.74, 6) is 0. The maximum atomic E-state index is 6.06. The highest BCUT2D eigenvalue weighted by molar-refractivity contribution is 5.67. The molecule has 1 aromatic heterocycles. The van der Waals surface area contributed by atoms with Crippen LogP contribution in [-0.2, 0) is 13.1 Å². The summed E-state index contributed by atoms with van der Waals surface area (Å²) >= 11 is 0. The maximum Gasteiger partial charge on any atom is 0.0600 e. The maximum absolute atomic E-state index is 6.06. The Kier molecular flexibility index (Phi) is 4.10. The van der Waals surface area contributed by atoms with E-state index in [4.69, 9.17) is 5.73 Å². The number of piperazine rings is 1. The average Bonchev–Trinajstić information content (AvgIpc) is 2.96. The molecule has 1 aliphatic heterocycles. The van der Waals surface area contributed by atoms with Crippen LogP contribution in [0.3, 0.4) is 0 Å². The largest absolute Gasteiger partial charge is 0.397 e. The van der Waals surface area contributed by atoms with Gasteiger partial charge in [0.15, 0.2) is 0 Å². The Morgan fingerprint density at radius 1 is 1.14 bits per heavy atom. The third-order valence-electron chi connectivity index (χ3n) is 4.07. The zero-order chi connectivity index (χ0) is 14.7. The van der Waals surface area contributed by atoms with Crippen molar-refractivity contribution in [1.82, 2.24) is 14.7 Å². The number of nitrogens with zero attached hydrogens (tertiary/aromatic N) is 4. The van der Waals surface area contributed by atoms with E-state index in [9.17, 15) is 0 Å². The van der Waals surface area contributed by atoms with Gasteiger partial charge in [0.25, 0.3) is 0 Å². The SMILES string of the molecule is CCn1cc(CN2CCN(c3ccccc3N)CC2)cn1. The first kappa shape index (κ1) is 13.9. The molecule has 2 N–H and O–H groups in total. The number of nitrogen functional groups attached to an aromatic ring is 1. The van der Waals surface area contributed by atoms with Crippen molar-refractivity contribution in [2.75, 3.05) is 36.8 Å². The summed E-state index contributed by atoms with van der Waals surface area (Å²) in [6, 6.07) is 8.12. The van der Waals surface area contributed by atoms with Gasteiger partial charge in [0, 0.05) is 51.0 Å². The molecule has 1 aliphatic rings. The molecule has 1 saturated heterocycles. The Morgan fingerprint density at radius 3 is 2.57 bits per heavy atom. The van der Waals surface area contributed by atoms with Gasteiger partial charge < -0.3 is 10.6 Å². The average molecular weight is 285 g/mol. The first-order valence-corrected chi connectivity index (χ1v) is 7.59. The Bertz CT molecular complexity index is 584. The molecule has 1 fully saturated rings. The second-order valence-corrected chi connectivity index (χ2v) is 5.53. The standard InChI is InChI=1S/C16H23N5/c1-2-21-13-14(11-18-21)12-19-7-9-20(10-8-19)16-6-4-3-5-15(16)17/h3-6,11,13H,2,7-10,12,17H2,1H3. The molecule has 0 unspecified atom stereocenters. The molecule has 2 aromatic rings. The van der Waals surface area contributed by atoms with Gasteiger partial charge in [-0.15, -0.1) is 0 Å². The Morgan fingerprint density at radius 2 is 1.90 bits per heavy atom. The monoisotopic (exact) mass is 285 g/mol. The molecule has 0 amide bonds. The second kappa shape index (κ2) is 6.18. The zero-order valence-corrected chi connectivity index (χ0v) is 12.6. The molecule has 1 aromatic carbocycles. The third-order valence-corrected chi connectivity index (χ3v) is 4.07. The Balaban J connectivity index is 1.56. The lowest BCUT2D eigenvalue weighted by Crippen LogP contribution is -2.46. The van der Waals surface area contributed by atoms with Gasteiger partial charge in [-0.05, 0) is 19.1 Å². The van der Waals surface area contributed by atoms with Crippen molar-refractivity contribution < 1.29 is 0 Å². The van der Waals surface area contributed by atoms with Crippen LogP contribution in [-0.4, -0.2) is 40.9 Å². The quantitative estimate of drug-likeness (QED) is 0.870. The van der Waals surface area contributed by atoms with Crippen LogP contribution in [0.4, 0.5) is 11.4 Å². The van der Waals surface area contributed by atoms with Gasteiger partial charge in [0.1, 0.15) is 0 Å². The minimum Gasteiger partial charge on any atom is -0.397 e. The fourth-order valence-corrected chi connectivity index (χ4v) is 2.84. The van der Waals surface area contributed by atoms with Crippen LogP contribution in [0.15, 0.2) is 36.7 Å². The molecular formula is C16H23N5. The summed E-state index contributed by atoms with van der Waals surface area (Å²) in [7, 11) is 0. The summed E-state index contributed by atoms with van der Waals surface area (Å²) in [5, 5.41) is 4.34. The lowest BCUT2D eigenvalue weighted by atomic mass is 10.2. The Hall–Kier alpha value is -2.01. The van der Waals surface area contributed by atoms with Crippen molar-refractivity contribution in [3.63, 3.8) is 0 Å². The second-order valence-electron chi connectivity index (χ2n) is 5.53. The molecule has 112 valence electrons. The van der Waals surface area contributed by atoms with Crippen molar-refractivity contribution in [2.45, 2.75) is 20.0 Å². The predicted octanol–water partition coefficient (Wildman–Crippen LogP) is 1.81. The molecule has 3 rings (SSSR count). The van der Waals surface area contributed by atoms with E-state index in [2.05, 4.69) is 40.2 Å². The van der Waals surface area contributed by atoms with Gasteiger partial charge in [-0.25, -0.2) is 0 Å². The van der Waals surface area contributed by atoms with Crippen LogP contribution < -0.4 is 10.6 Å². The molecule has 21 heavy (non-hydrogen) atoms. The van der Waals surface area contributed by atoms with Crippen LogP contribution in [0, 0.1) is 0 Å². The van der Waals surface area contributed by atoms with E-state index in [-0.39, 0.29) is 0 Å². The number of nitrogens with two attached hydrogens (primary N) is 1. The fraction of sp³-hybridized carbons (Fsp3) is 0.438. The lowest BCUT2D eigenvalue weighted by Gasteiger charge is -2.36. The van der Waals surface area contributed by atoms with Crippen molar-refractivity contribution in [3.8, 4) is 0 Å². The number of hydrogen-bond donors (Lipinski definition) is 1. The Labute approximate surface area is 126 Å². The normalized spacial score (nSPS) is 16.3. The van der Waals surface area contributed by atoms with Gasteiger partial charge in [0.2, 0.25) is 0 Å². The van der Waals surface area contributed by atoms with Crippen LogP contribution in [0.1, 0.15) is 12.5 Å². The highest BCUT2D eigenvalue weighted by Crippen LogP contribution is 2.23. The van der Waals surface area contributed by atoms with E-state index >= 15 is 0 Å². The number of rotatable bonds is 4. The summed E-state index contributed by atoms with van der Waals surface area (Å²) < 4.78 is 1.98. The molecule has 5 nitrogen and oxygen atoms in total. The summed E-state index contributed by atoms with van der Waals surface area (Å²) in [6.07, 6.45) is 4.12. The van der Waals surface area contributed by atoms with E-state index < -0.39 is 0 Å². The molecule has 2 heterocycles. The molecule has 0 radical (unpaired) electrons. The summed E-state index contributed by atoms with van der Waals surface area (Å²) in [5.41, 5.74) is 9.39. The first-order chi connectivity index (χ1) is 10.3. The van der Waals surface area contributed by atoms with Gasteiger partial charge in [0.05, 0.1) is 17.6 Å². The topological polar surface area (TPSA) is 50.3 Å². The van der Waals surface area contributed by atoms with Crippen LogP contribution in [0.2, 0.25) is 0 Å². The van der Waals surface area contributed by atoms with Crippen molar-refractivity contribution in [3.05, 3.63) is 42.2 Å². The smallest absolute Gasteiger partial charge is 0.0600 e. The molecule has 0 atom stereocenters. The van der Waals surface area contributed by atoms with Crippen molar-refractivity contribution in [2.24, 2.45) is 0 Å². The number of hydrogen-bond acceptors (Lipinski definition) is 4. The lowest BCUT2D eigenvalue weighted by molar-refractivity contribution is 0.250. The van der Waals surface area contributed by atoms with Gasteiger partial charge in [-0.2, -0.15) is 5.10 Å². The van der Waals surface area contributed by atoms with Gasteiger partial charge >= 0.3 is 0 Å². The number of para-hydroxylation sites is 2. The van der Waals surface area contributed by atoms with Crippen LogP contribution in [0.5, 0.6) is 0 Å². The molecular weight excluding hydrogens is 262 g/mol. The third kappa shape index (κ3) is 3.19. The summed E-state index contributed by atoms with van der Waals surface area (Å²) in [6.45, 7) is 8.20. The fourth-order valence-electron chi connectivity index (χ4n) is 2.84. The molecule has 0 aliphatic carbocycles. The van der Waals surface area contributed by atoms with E-state index in [1.807, 2.05) is 23.0 Å². The van der Waals surface area contributed by atoms with Gasteiger partial charge in [-0.1, -0.05) is 12.1 Å². The van der Waals surface area contributed by atoms with E-state index in [0.717, 1.165) is 50.6 Å². The summed E-state index contributed by atoms with van der Waals surface area (Å²) in [4.78, 5) is 4.86. The minimum atomic E-state index is 0.871. The van der Waals surface area contributed by atoms with Crippen LogP contribution >= 0.6 is 0 Å². The highest BCUT2D eigenvalue weighted by atomic mass is 15.3. The molecule has 5 heteroatoms. The minimum absolute atomic E-state index is 0.871. The first-order valence-electron chi connectivity index (χ1n) is 7.59. The van der Waals surface area contributed by atoms with Crippen molar-refractivity contribution >= 4 is 11.4 Å². The van der Waals surface area contributed by atoms with Crippen molar-refractivity contribution in [1.29, 1.82) is 0 Å². The highest BCUT2D eigenvalue weighted by Gasteiger charge is 2.18. The molecule has 0 spiro atoms. The number of aryl methyl sites for hydroxylation is 1.